The summed E-state index contributed by atoms with van der Waals surface area (Å²) in [6.45, 7) is 4.65. The summed E-state index contributed by atoms with van der Waals surface area (Å²) in [6.07, 6.45) is 90.4. The van der Waals surface area contributed by atoms with E-state index in [2.05, 4.69) is 79.9 Å². The maximum atomic E-state index is 13.0. The summed E-state index contributed by atoms with van der Waals surface area (Å²) in [5, 5.41) is 13.9. The second-order valence-corrected chi connectivity index (χ2v) is 27.0. The van der Waals surface area contributed by atoms with Crippen molar-refractivity contribution in [1.82, 2.24) is 5.32 Å². The molecular weight excluding hydrogens is 1040 g/mol. The van der Waals surface area contributed by atoms with E-state index in [-0.39, 0.29) is 12.5 Å². The summed E-state index contributed by atoms with van der Waals surface area (Å²) in [4.78, 5) is 25.6. The fourth-order valence-electron chi connectivity index (χ4n) is 10.5. The van der Waals surface area contributed by atoms with E-state index in [4.69, 9.17) is 9.05 Å². The van der Waals surface area contributed by atoms with Gasteiger partial charge in [-0.1, -0.05) is 324 Å². The third-order valence-corrected chi connectivity index (χ3v) is 17.1. The number of likely N-dealkylation sites (N-methyl/N-ethyl adjacent to an activating group) is 1. The highest BCUT2D eigenvalue weighted by Crippen LogP contribution is 2.38. The molecular formula is C74H139N2O6P. The van der Waals surface area contributed by atoms with Gasteiger partial charge in [-0.15, -0.1) is 0 Å². The molecule has 0 aliphatic heterocycles. The molecule has 0 heterocycles. The minimum Gasteiger partial charge on any atom is -0.756 e. The van der Waals surface area contributed by atoms with Crippen LogP contribution < -0.4 is 10.2 Å². The second-order valence-electron chi connectivity index (χ2n) is 25.6. The zero-order valence-electron chi connectivity index (χ0n) is 55.6. The van der Waals surface area contributed by atoms with Crippen molar-refractivity contribution < 1.29 is 32.9 Å². The third kappa shape index (κ3) is 67.3. The first-order valence-corrected chi connectivity index (χ1v) is 37.3. The number of quaternary nitrogens is 1. The van der Waals surface area contributed by atoms with Gasteiger partial charge in [-0.25, -0.2) is 0 Å². The van der Waals surface area contributed by atoms with Crippen molar-refractivity contribution in [3.8, 4) is 0 Å². The molecule has 2 N–H and O–H groups in total. The van der Waals surface area contributed by atoms with Crippen LogP contribution in [0.4, 0.5) is 0 Å². The Kier molecular flexibility index (Phi) is 62.8. The molecule has 0 saturated carbocycles. The average Bonchev–Trinajstić information content (AvgIpc) is 3.49. The Bertz CT molecular complexity index is 1580. The summed E-state index contributed by atoms with van der Waals surface area (Å²) in [5.41, 5.74) is 0. The Balaban J connectivity index is 4.08. The van der Waals surface area contributed by atoms with Crippen LogP contribution in [0.5, 0.6) is 0 Å². The molecule has 0 aliphatic carbocycles. The molecule has 0 aliphatic rings. The maximum absolute atomic E-state index is 13.0. The van der Waals surface area contributed by atoms with Crippen LogP contribution >= 0.6 is 7.82 Å². The summed E-state index contributed by atoms with van der Waals surface area (Å²) in [7, 11) is 1.24. The summed E-state index contributed by atoms with van der Waals surface area (Å²) in [6, 6.07) is -0.913. The fourth-order valence-corrected chi connectivity index (χ4v) is 11.3. The normalized spacial score (nSPS) is 14.1. The molecule has 0 aromatic rings. The van der Waals surface area contributed by atoms with Crippen molar-refractivity contribution in [1.29, 1.82) is 0 Å². The highest BCUT2D eigenvalue weighted by molar-refractivity contribution is 7.45. The first kappa shape index (κ1) is 80.9. The number of nitrogens with one attached hydrogen (secondary N) is 1. The molecule has 0 aromatic heterocycles. The topological polar surface area (TPSA) is 108 Å². The molecule has 0 bridgehead atoms. The van der Waals surface area contributed by atoms with Crippen molar-refractivity contribution in [2.45, 2.75) is 353 Å². The van der Waals surface area contributed by atoms with Gasteiger partial charge in [0.15, 0.2) is 0 Å². The third-order valence-electron chi connectivity index (χ3n) is 16.1. The molecule has 83 heavy (non-hydrogen) atoms. The number of carbonyl (C=O) groups is 1. The Hall–Kier alpha value is -2.06. The molecule has 1 amide bonds. The lowest BCUT2D eigenvalue weighted by Gasteiger charge is -2.29. The van der Waals surface area contributed by atoms with E-state index >= 15 is 0 Å². The summed E-state index contributed by atoms with van der Waals surface area (Å²) in [5.74, 6) is -0.207. The van der Waals surface area contributed by atoms with Crippen LogP contribution in [0.25, 0.3) is 0 Å². The lowest BCUT2D eigenvalue weighted by atomic mass is 10.0. The molecule has 0 spiro atoms. The van der Waals surface area contributed by atoms with E-state index in [9.17, 15) is 19.4 Å². The SMILES string of the molecule is CCCCCCC/C=C\C/C=C\C/C=C\CCCCCCCCCCCCCCCCCCCCCCC(=O)NC(COP(=O)([O-])OCC[N+](C)(C)C)C(O)/C=C/CC/C=C/CC/C=C/CCCCCCCCCCCCCCCCCC. The minimum atomic E-state index is -4.62. The van der Waals surface area contributed by atoms with Crippen LogP contribution in [0.1, 0.15) is 341 Å². The number of rotatable bonds is 66. The molecule has 3 unspecified atom stereocenters. The first-order valence-electron chi connectivity index (χ1n) is 35.8. The Labute approximate surface area is 516 Å². The highest BCUT2D eigenvalue weighted by atomic mass is 31.2. The van der Waals surface area contributed by atoms with Crippen molar-refractivity contribution in [2.75, 3.05) is 40.9 Å². The van der Waals surface area contributed by atoms with E-state index in [1.54, 1.807) is 6.08 Å². The number of nitrogens with zero attached hydrogens (tertiary/aromatic N) is 1. The Morgan fingerprint density at radius 2 is 0.711 bits per heavy atom. The van der Waals surface area contributed by atoms with Gasteiger partial charge in [0.2, 0.25) is 5.91 Å². The van der Waals surface area contributed by atoms with E-state index < -0.39 is 26.6 Å². The van der Waals surface area contributed by atoms with Gasteiger partial charge in [0, 0.05) is 6.42 Å². The van der Waals surface area contributed by atoms with Crippen LogP contribution in [0.2, 0.25) is 0 Å². The number of amides is 1. The van der Waals surface area contributed by atoms with Gasteiger partial charge >= 0.3 is 0 Å². The van der Waals surface area contributed by atoms with Crippen LogP contribution in [0, 0.1) is 0 Å². The number of hydrogen-bond donors (Lipinski definition) is 2. The Morgan fingerprint density at radius 1 is 0.422 bits per heavy atom. The van der Waals surface area contributed by atoms with Crippen molar-refractivity contribution >= 4 is 13.7 Å². The maximum Gasteiger partial charge on any atom is 0.268 e. The number of unbranched alkanes of at least 4 members (excludes halogenated alkanes) is 43. The average molecular weight is 1180 g/mol. The zero-order valence-corrected chi connectivity index (χ0v) is 56.5. The van der Waals surface area contributed by atoms with Crippen molar-refractivity contribution in [3.63, 3.8) is 0 Å². The predicted molar refractivity (Wildman–Crippen MR) is 362 cm³/mol. The number of phosphoric ester groups is 1. The molecule has 486 valence electrons. The smallest absolute Gasteiger partial charge is 0.268 e. The molecule has 0 fully saturated rings. The predicted octanol–water partition coefficient (Wildman–Crippen LogP) is 22.3. The number of aliphatic hydroxyl groups excluding tert-OH is 1. The molecule has 0 saturated heterocycles. The standard InChI is InChI=1S/C74H139N2O6P/c1-6-8-10-12-14-16-18-20-22-24-26-28-30-32-34-35-36-37-38-39-40-41-42-44-46-48-50-52-54-56-58-60-62-64-66-68-74(78)75-72(71-82-83(79,80)81-70-69-76(3,4)5)73(77)67-65-63-61-59-57-55-53-51-49-47-45-43-33-31-29-27-25-23-21-19-17-15-13-11-9-7-2/h18,20,24,26,30,32,49,51,57,59,65,67,72-73,77H,6-17,19,21-23,25,27-29,31,33-48,50,52-56,58,60-64,66,68-71H2,1-5H3,(H-,75,78,79,80)/b20-18-,26-24-,32-30-,51-49+,59-57+,67-65+. The monoisotopic (exact) mass is 1180 g/mol. The zero-order chi connectivity index (χ0) is 60.5. The first-order chi connectivity index (χ1) is 40.5. The molecule has 0 aromatic carbocycles. The van der Waals surface area contributed by atoms with Gasteiger partial charge in [-0.05, 0) is 83.5 Å². The molecule has 3 atom stereocenters. The largest absolute Gasteiger partial charge is 0.756 e. The van der Waals surface area contributed by atoms with E-state index in [0.717, 1.165) is 57.8 Å². The fraction of sp³-hybridized carbons (Fsp3) is 0.824. The molecule has 8 nitrogen and oxygen atoms in total. The van der Waals surface area contributed by atoms with Gasteiger partial charge in [0.25, 0.3) is 7.82 Å². The van der Waals surface area contributed by atoms with Crippen LogP contribution in [-0.2, 0) is 18.4 Å². The number of hydrogen-bond acceptors (Lipinski definition) is 6. The van der Waals surface area contributed by atoms with Gasteiger partial charge in [-0.2, -0.15) is 0 Å². The summed E-state index contributed by atoms with van der Waals surface area (Å²) < 4.78 is 23.4. The number of allylic oxidation sites excluding steroid dienone is 11. The van der Waals surface area contributed by atoms with Crippen molar-refractivity contribution in [2.24, 2.45) is 0 Å². The van der Waals surface area contributed by atoms with Crippen LogP contribution in [0.3, 0.4) is 0 Å². The minimum absolute atomic E-state index is 0.00960. The highest BCUT2D eigenvalue weighted by Gasteiger charge is 2.23. The van der Waals surface area contributed by atoms with E-state index in [1.807, 2.05) is 27.2 Å². The van der Waals surface area contributed by atoms with Gasteiger partial charge < -0.3 is 28.8 Å². The lowest BCUT2D eigenvalue weighted by Crippen LogP contribution is -2.45. The Morgan fingerprint density at radius 3 is 1.06 bits per heavy atom. The van der Waals surface area contributed by atoms with E-state index in [0.29, 0.717) is 17.4 Å². The number of aliphatic hydroxyl groups is 1. The van der Waals surface area contributed by atoms with Crippen LogP contribution in [0.15, 0.2) is 72.9 Å². The van der Waals surface area contributed by atoms with E-state index in [1.165, 1.54) is 263 Å². The lowest BCUT2D eigenvalue weighted by molar-refractivity contribution is -0.870. The quantitative estimate of drug-likeness (QED) is 0.0272. The van der Waals surface area contributed by atoms with Gasteiger partial charge in [0.1, 0.15) is 13.2 Å². The number of phosphoric acid groups is 1. The second kappa shape index (κ2) is 64.4. The van der Waals surface area contributed by atoms with Crippen LogP contribution in [-0.4, -0.2) is 68.5 Å². The molecule has 0 radical (unpaired) electrons. The summed E-state index contributed by atoms with van der Waals surface area (Å²) >= 11 is 0. The van der Waals surface area contributed by atoms with Gasteiger partial charge in [0.05, 0.1) is 39.9 Å². The molecule has 9 heteroatoms. The van der Waals surface area contributed by atoms with Gasteiger partial charge in [-0.3, -0.25) is 9.36 Å². The molecule has 0 rings (SSSR count). The number of carbonyl (C=O) groups excluding carboxylic acids is 1. The van der Waals surface area contributed by atoms with Crippen molar-refractivity contribution in [3.05, 3.63) is 72.9 Å².